The second kappa shape index (κ2) is 11.2. The van der Waals surface area contributed by atoms with E-state index in [-0.39, 0.29) is 40.5 Å². The maximum Gasteiger partial charge on any atom is 0.276 e. The van der Waals surface area contributed by atoms with Crippen LogP contribution in [-0.2, 0) is 16.0 Å². The van der Waals surface area contributed by atoms with Gasteiger partial charge in [-0.05, 0) is 29.3 Å². The Balaban J connectivity index is 1.72. The largest absolute Gasteiger partial charge is 0.382 e. The zero-order chi connectivity index (χ0) is 27.2. The molecule has 0 aliphatic heterocycles. The molecule has 1 aromatic heterocycles. The van der Waals surface area contributed by atoms with E-state index in [9.17, 15) is 29.6 Å². The number of non-ortho nitro benzene ring substituents is 1. The van der Waals surface area contributed by atoms with Crippen molar-refractivity contribution in [3.05, 3.63) is 110 Å². The van der Waals surface area contributed by atoms with E-state index in [4.69, 9.17) is 0 Å². The summed E-state index contributed by atoms with van der Waals surface area (Å²) in [5.41, 5.74) is 2.69. The Morgan fingerprint density at radius 2 is 1.82 bits per heavy atom. The third-order valence-electron chi connectivity index (χ3n) is 5.44. The lowest BCUT2D eigenvalue weighted by atomic mass is 10.0. The lowest BCUT2D eigenvalue weighted by Crippen LogP contribution is -2.29. The predicted octanol–water partition coefficient (Wildman–Crippen LogP) is 2.59. The number of hydrazone groups is 1. The van der Waals surface area contributed by atoms with Gasteiger partial charge in [-0.15, -0.1) is 0 Å². The Labute approximate surface area is 215 Å². The van der Waals surface area contributed by atoms with Gasteiger partial charge in [-0.3, -0.25) is 24.5 Å². The van der Waals surface area contributed by atoms with Crippen LogP contribution in [0, 0.1) is 10.1 Å². The van der Waals surface area contributed by atoms with E-state index < -0.39 is 22.5 Å². The molecule has 4 aromatic rings. The summed E-state index contributed by atoms with van der Waals surface area (Å²) in [5, 5.41) is 28.9. The third-order valence-corrected chi connectivity index (χ3v) is 5.44. The number of nitrogens with zero attached hydrogens (tertiary/aromatic N) is 3. The van der Waals surface area contributed by atoms with Gasteiger partial charge in [0.1, 0.15) is 11.8 Å². The molecule has 4 rings (SSSR count). The number of carbonyl (C=O) groups excluding carboxylic acids is 2. The predicted molar refractivity (Wildman–Crippen MR) is 140 cm³/mol. The monoisotopic (exact) mass is 514 g/mol. The molecule has 1 atom stereocenters. The lowest BCUT2D eigenvalue weighted by molar-refractivity contribution is -0.384. The molecule has 3 aromatic carbocycles. The average Bonchev–Trinajstić information content (AvgIpc) is 2.89. The van der Waals surface area contributed by atoms with Gasteiger partial charge in [-0.2, -0.15) is 5.10 Å². The maximum absolute atomic E-state index is 13.0. The Kier molecular flexibility index (Phi) is 7.63. The van der Waals surface area contributed by atoms with Crippen LogP contribution < -0.4 is 16.3 Å². The normalized spacial score (nSPS) is 12.1. The molecular weight excluding hydrogens is 492 g/mol. The van der Waals surface area contributed by atoms with Crippen LogP contribution in [0.15, 0.2) is 82.7 Å². The molecule has 0 saturated heterocycles. The number of benzene rings is 3. The molecule has 192 valence electrons. The zero-order valence-electron chi connectivity index (χ0n) is 20.0. The number of fused-ring (bicyclic) bond motifs is 1. The summed E-state index contributed by atoms with van der Waals surface area (Å²) >= 11 is 0. The van der Waals surface area contributed by atoms with Crippen molar-refractivity contribution in [2.24, 2.45) is 5.10 Å². The van der Waals surface area contributed by atoms with Crippen LogP contribution in [0.25, 0.3) is 11.0 Å². The Morgan fingerprint density at radius 3 is 2.47 bits per heavy atom. The van der Waals surface area contributed by atoms with E-state index in [2.05, 4.69) is 25.8 Å². The van der Waals surface area contributed by atoms with Crippen molar-refractivity contribution >= 4 is 39.9 Å². The number of aromatic amines is 1. The highest BCUT2D eigenvalue weighted by Gasteiger charge is 2.23. The number of amides is 2. The van der Waals surface area contributed by atoms with Crippen LogP contribution in [-0.4, -0.2) is 37.5 Å². The van der Waals surface area contributed by atoms with Gasteiger partial charge in [0.05, 0.1) is 22.4 Å². The minimum atomic E-state index is -1.50. The van der Waals surface area contributed by atoms with Gasteiger partial charge < -0.3 is 15.4 Å². The summed E-state index contributed by atoms with van der Waals surface area (Å²) < 4.78 is 0. The summed E-state index contributed by atoms with van der Waals surface area (Å²) in [7, 11) is 0. The number of H-pyrrole nitrogens is 1. The van der Waals surface area contributed by atoms with Crippen LogP contribution in [0.4, 0.5) is 11.4 Å². The Morgan fingerprint density at radius 1 is 1.11 bits per heavy atom. The zero-order valence-corrected chi connectivity index (χ0v) is 20.0. The topological polar surface area (TPSA) is 180 Å². The second-order valence-corrected chi connectivity index (χ2v) is 8.27. The molecule has 0 bridgehead atoms. The molecule has 1 heterocycles. The van der Waals surface area contributed by atoms with Crippen LogP contribution in [0.5, 0.6) is 0 Å². The summed E-state index contributed by atoms with van der Waals surface area (Å²) in [6.45, 7) is 1.36. The molecule has 0 spiro atoms. The smallest absolute Gasteiger partial charge is 0.276 e. The summed E-state index contributed by atoms with van der Waals surface area (Å²) in [5.74, 6) is -0.761. The number of aliphatic hydroxyl groups excluding tert-OH is 1. The number of nitro groups is 1. The first-order valence-electron chi connectivity index (χ1n) is 11.4. The fourth-order valence-electron chi connectivity index (χ4n) is 3.66. The number of hydrogen-bond acceptors (Lipinski definition) is 8. The van der Waals surface area contributed by atoms with Crippen LogP contribution in [0.2, 0.25) is 0 Å². The lowest BCUT2D eigenvalue weighted by Gasteiger charge is -2.15. The van der Waals surface area contributed by atoms with Gasteiger partial charge in [0, 0.05) is 24.7 Å². The van der Waals surface area contributed by atoms with Gasteiger partial charge in [-0.25, -0.2) is 10.4 Å². The summed E-state index contributed by atoms with van der Waals surface area (Å²) in [6, 6.07) is 18.8. The molecule has 0 aliphatic carbocycles. The minimum Gasteiger partial charge on any atom is -0.382 e. The van der Waals surface area contributed by atoms with Crippen molar-refractivity contribution in [1.82, 2.24) is 15.4 Å². The van der Waals surface area contributed by atoms with Crippen LogP contribution in [0.3, 0.4) is 0 Å². The molecule has 38 heavy (non-hydrogen) atoms. The van der Waals surface area contributed by atoms with Crippen molar-refractivity contribution in [3.8, 4) is 0 Å². The second-order valence-electron chi connectivity index (χ2n) is 8.27. The number of aliphatic hydroxyl groups is 1. The van der Waals surface area contributed by atoms with E-state index in [0.29, 0.717) is 11.3 Å². The van der Waals surface area contributed by atoms with Gasteiger partial charge in [0.2, 0.25) is 11.8 Å². The molecule has 4 N–H and O–H groups in total. The highest BCUT2D eigenvalue weighted by atomic mass is 16.6. The number of nitro benzene ring substituents is 1. The fourth-order valence-corrected chi connectivity index (χ4v) is 3.66. The molecule has 1 unspecified atom stereocenters. The third kappa shape index (κ3) is 6.12. The number of nitrogens with one attached hydrogen (secondary N) is 3. The van der Waals surface area contributed by atoms with E-state index in [1.807, 2.05) is 6.07 Å². The van der Waals surface area contributed by atoms with Gasteiger partial charge in [0.25, 0.3) is 11.2 Å². The number of aromatic nitrogens is 2. The van der Waals surface area contributed by atoms with Crippen molar-refractivity contribution < 1.29 is 19.6 Å². The van der Waals surface area contributed by atoms with Crippen LogP contribution >= 0.6 is 0 Å². The first-order chi connectivity index (χ1) is 18.2. The molecule has 0 saturated carbocycles. The summed E-state index contributed by atoms with van der Waals surface area (Å²) in [4.78, 5) is 54.1. The van der Waals surface area contributed by atoms with E-state index in [1.54, 1.807) is 36.4 Å². The van der Waals surface area contributed by atoms with Crippen LogP contribution in [0.1, 0.15) is 29.8 Å². The van der Waals surface area contributed by atoms with E-state index >= 15 is 0 Å². The Bertz CT molecular complexity index is 1600. The van der Waals surface area contributed by atoms with Gasteiger partial charge >= 0.3 is 0 Å². The van der Waals surface area contributed by atoms with Crippen molar-refractivity contribution in [2.75, 3.05) is 5.32 Å². The molecule has 0 fully saturated rings. The number of hydrogen-bond donors (Lipinski definition) is 4. The molecule has 2 amide bonds. The number of carbonyl (C=O) groups is 2. The highest BCUT2D eigenvalue weighted by molar-refractivity contribution is 6.04. The Hall–Kier alpha value is -5.23. The first-order valence-corrected chi connectivity index (χ1v) is 11.4. The van der Waals surface area contributed by atoms with Crippen molar-refractivity contribution in [3.63, 3.8) is 0 Å². The van der Waals surface area contributed by atoms with Gasteiger partial charge in [0.15, 0.2) is 5.69 Å². The minimum absolute atomic E-state index is 0.00427. The molecule has 0 aliphatic rings. The first kappa shape index (κ1) is 25.9. The number of rotatable bonds is 8. The highest BCUT2D eigenvalue weighted by Crippen LogP contribution is 2.22. The van der Waals surface area contributed by atoms with E-state index in [0.717, 1.165) is 5.56 Å². The van der Waals surface area contributed by atoms with Gasteiger partial charge in [-0.1, -0.05) is 42.5 Å². The molecule has 12 nitrogen and oxygen atoms in total. The van der Waals surface area contributed by atoms with Crippen molar-refractivity contribution in [1.29, 1.82) is 0 Å². The van der Waals surface area contributed by atoms with Crippen molar-refractivity contribution in [2.45, 2.75) is 19.4 Å². The SMILES string of the molecule is CC(=O)Nc1ccc(C(O)/C(=N\NC(=O)Cc2ccccc2)c2nc3ccc([N+](=O)[O-])cc3[nH]c2=O)cc1. The molecule has 12 heteroatoms. The average molecular weight is 514 g/mol. The van der Waals surface area contributed by atoms with E-state index in [1.165, 1.54) is 37.3 Å². The fraction of sp³-hybridized carbons (Fsp3) is 0.115. The molecular formula is C26H22N6O6. The number of anilines is 1. The quantitative estimate of drug-likeness (QED) is 0.158. The molecule has 0 radical (unpaired) electrons. The standard InChI is InChI=1S/C26H22N6O6/c1-15(33)27-18-9-7-17(8-10-18)25(35)23(31-30-22(34)13-16-5-3-2-4-6-16)24-26(36)29-21-14-19(32(37)38)11-12-20(21)28-24/h2-12,14,25,35H,13H2,1H3,(H,27,33)(H,29,36)(H,30,34)/b31-23-. The maximum atomic E-state index is 13.0. The summed E-state index contributed by atoms with van der Waals surface area (Å²) in [6.07, 6.45) is -1.49.